The van der Waals surface area contributed by atoms with Crippen molar-refractivity contribution < 1.29 is 4.79 Å². The maximum absolute atomic E-state index is 11.1. The topological polar surface area (TPSA) is 74.5 Å². The van der Waals surface area contributed by atoms with Gasteiger partial charge < -0.3 is 16.0 Å². The van der Waals surface area contributed by atoms with Crippen LogP contribution in [-0.4, -0.2) is 54.1 Å². The van der Waals surface area contributed by atoms with E-state index in [1.165, 1.54) is 54.6 Å². The Morgan fingerprint density at radius 3 is 2.66 bits per heavy atom. The van der Waals surface area contributed by atoms with Gasteiger partial charge in [0.1, 0.15) is 5.82 Å². The molecular weight excluding hydrogens is 382 g/mol. The van der Waals surface area contributed by atoms with Gasteiger partial charge in [-0.3, -0.25) is 4.90 Å². The van der Waals surface area contributed by atoms with E-state index in [0.717, 1.165) is 32.1 Å². The predicted molar refractivity (Wildman–Crippen MR) is 121 cm³/mol. The molecule has 6 nitrogen and oxygen atoms in total. The van der Waals surface area contributed by atoms with Gasteiger partial charge in [-0.25, -0.2) is 4.79 Å². The first kappa shape index (κ1) is 20.4. The number of carbonyl (C=O) groups excluding carboxylic acids is 1. The van der Waals surface area contributed by atoms with Crippen LogP contribution in [0.5, 0.6) is 0 Å². The van der Waals surface area contributed by atoms with Crippen LogP contribution in [0.4, 0.5) is 10.6 Å². The summed E-state index contributed by atoms with van der Waals surface area (Å²) in [6.07, 6.45) is 6.26. The highest BCUT2D eigenvalue weighted by Crippen LogP contribution is 2.33. The summed E-state index contributed by atoms with van der Waals surface area (Å²) in [7, 11) is 0. The standard InChI is InChI=1S/C22H33N5OS/c1-16(24-22(23)28)18-8-6-17(7-9-18)10-11-26-12-14-27(15-13-26)21-19-4-2-3-5-20(19)29-25-21/h2-5,16-18H,6-15H2,1H3,(H3,23,24,28). The van der Waals surface area contributed by atoms with Crippen molar-refractivity contribution in [1.82, 2.24) is 14.6 Å². The molecule has 2 amide bonds. The molecule has 0 radical (unpaired) electrons. The Morgan fingerprint density at radius 1 is 1.21 bits per heavy atom. The van der Waals surface area contributed by atoms with Gasteiger partial charge in [-0.1, -0.05) is 25.0 Å². The second kappa shape index (κ2) is 9.30. The predicted octanol–water partition coefficient (Wildman–Crippen LogP) is 3.67. The van der Waals surface area contributed by atoms with Gasteiger partial charge in [-0.05, 0) is 68.2 Å². The molecule has 1 aliphatic heterocycles. The summed E-state index contributed by atoms with van der Waals surface area (Å²) >= 11 is 1.61. The van der Waals surface area contributed by atoms with E-state index < -0.39 is 6.03 Å². The van der Waals surface area contributed by atoms with Gasteiger partial charge in [0.25, 0.3) is 0 Å². The van der Waals surface area contributed by atoms with Gasteiger partial charge in [-0.2, -0.15) is 4.37 Å². The van der Waals surface area contributed by atoms with E-state index in [0.29, 0.717) is 5.92 Å². The Bertz CT molecular complexity index is 808. The van der Waals surface area contributed by atoms with Crippen molar-refractivity contribution in [3.05, 3.63) is 24.3 Å². The summed E-state index contributed by atoms with van der Waals surface area (Å²) in [5.41, 5.74) is 5.26. The highest BCUT2D eigenvalue weighted by Gasteiger charge is 2.27. The van der Waals surface area contributed by atoms with E-state index in [1.807, 2.05) is 0 Å². The first-order valence-corrected chi connectivity index (χ1v) is 11.7. The summed E-state index contributed by atoms with van der Waals surface area (Å²) < 4.78 is 6.00. The smallest absolute Gasteiger partial charge is 0.312 e. The van der Waals surface area contributed by atoms with E-state index in [4.69, 9.17) is 10.1 Å². The fourth-order valence-corrected chi connectivity index (χ4v) is 5.76. The summed E-state index contributed by atoms with van der Waals surface area (Å²) in [5.74, 6) is 2.57. The number of anilines is 1. The quantitative estimate of drug-likeness (QED) is 0.755. The van der Waals surface area contributed by atoms with Crippen LogP contribution in [0.25, 0.3) is 10.1 Å². The zero-order chi connectivity index (χ0) is 20.2. The van der Waals surface area contributed by atoms with Crippen molar-refractivity contribution in [2.45, 2.75) is 45.1 Å². The Labute approximate surface area is 177 Å². The molecule has 1 unspecified atom stereocenters. The number of fused-ring (bicyclic) bond motifs is 1. The zero-order valence-electron chi connectivity index (χ0n) is 17.3. The second-order valence-corrected chi connectivity index (χ2v) is 9.50. The molecule has 1 aromatic heterocycles. The first-order chi connectivity index (χ1) is 14.1. The normalized spacial score (nSPS) is 24.5. The number of nitrogens with two attached hydrogens (primary N) is 1. The number of nitrogens with one attached hydrogen (secondary N) is 1. The highest BCUT2D eigenvalue weighted by molar-refractivity contribution is 7.13. The van der Waals surface area contributed by atoms with Gasteiger partial charge in [0.15, 0.2) is 0 Å². The molecule has 29 heavy (non-hydrogen) atoms. The Balaban J connectivity index is 1.19. The average molecular weight is 416 g/mol. The van der Waals surface area contributed by atoms with Crippen LogP contribution in [0.2, 0.25) is 0 Å². The van der Waals surface area contributed by atoms with Crippen molar-refractivity contribution in [2.24, 2.45) is 17.6 Å². The number of piperazine rings is 1. The molecule has 158 valence electrons. The molecular formula is C22H33N5OS. The van der Waals surface area contributed by atoms with Gasteiger partial charge >= 0.3 is 6.03 Å². The number of urea groups is 1. The van der Waals surface area contributed by atoms with Crippen molar-refractivity contribution in [3.8, 4) is 0 Å². The van der Waals surface area contributed by atoms with Crippen LogP contribution in [-0.2, 0) is 0 Å². The van der Waals surface area contributed by atoms with Gasteiger partial charge in [0.05, 0.1) is 4.70 Å². The molecule has 2 fully saturated rings. The molecule has 7 heteroatoms. The van der Waals surface area contributed by atoms with Crippen LogP contribution in [0.1, 0.15) is 39.0 Å². The summed E-state index contributed by atoms with van der Waals surface area (Å²) in [5, 5.41) is 4.15. The summed E-state index contributed by atoms with van der Waals surface area (Å²) in [6, 6.07) is 8.34. The SMILES string of the molecule is CC(NC(N)=O)C1CCC(CCN2CCN(c3nsc4ccccc34)CC2)CC1. The van der Waals surface area contributed by atoms with E-state index in [-0.39, 0.29) is 6.04 Å². The number of hydrogen-bond donors (Lipinski definition) is 2. The van der Waals surface area contributed by atoms with Crippen molar-refractivity contribution in [2.75, 3.05) is 37.6 Å². The molecule has 2 heterocycles. The van der Waals surface area contributed by atoms with Crippen molar-refractivity contribution in [3.63, 3.8) is 0 Å². The van der Waals surface area contributed by atoms with Gasteiger partial charge in [0.2, 0.25) is 0 Å². The molecule has 1 saturated heterocycles. The lowest BCUT2D eigenvalue weighted by Crippen LogP contribution is -2.47. The highest BCUT2D eigenvalue weighted by atomic mass is 32.1. The maximum Gasteiger partial charge on any atom is 0.312 e. The molecule has 4 rings (SSSR count). The molecule has 1 aliphatic carbocycles. The van der Waals surface area contributed by atoms with Crippen LogP contribution in [0, 0.1) is 11.8 Å². The Hall–Kier alpha value is -1.86. The Morgan fingerprint density at radius 2 is 1.93 bits per heavy atom. The Kier molecular flexibility index (Phi) is 6.55. The molecule has 0 spiro atoms. The first-order valence-electron chi connectivity index (χ1n) is 11.0. The van der Waals surface area contributed by atoms with Crippen LogP contribution < -0.4 is 16.0 Å². The molecule has 0 bridgehead atoms. The minimum atomic E-state index is -0.399. The number of amides is 2. The van der Waals surface area contributed by atoms with Crippen molar-refractivity contribution >= 4 is 33.5 Å². The zero-order valence-corrected chi connectivity index (χ0v) is 18.2. The number of benzene rings is 1. The summed E-state index contributed by atoms with van der Waals surface area (Å²) in [6.45, 7) is 7.67. The summed E-state index contributed by atoms with van der Waals surface area (Å²) in [4.78, 5) is 16.1. The van der Waals surface area contributed by atoms with E-state index >= 15 is 0 Å². The fourth-order valence-electron chi connectivity index (χ4n) is 4.97. The lowest BCUT2D eigenvalue weighted by atomic mass is 9.77. The minimum absolute atomic E-state index is 0.198. The maximum atomic E-state index is 11.1. The average Bonchev–Trinajstić information content (AvgIpc) is 3.17. The molecule has 1 atom stereocenters. The lowest BCUT2D eigenvalue weighted by Gasteiger charge is -2.37. The monoisotopic (exact) mass is 415 g/mol. The van der Waals surface area contributed by atoms with E-state index in [9.17, 15) is 4.79 Å². The fraction of sp³-hybridized carbons (Fsp3) is 0.636. The van der Waals surface area contributed by atoms with Crippen molar-refractivity contribution in [1.29, 1.82) is 0 Å². The minimum Gasteiger partial charge on any atom is -0.353 e. The lowest BCUT2D eigenvalue weighted by molar-refractivity contribution is 0.188. The number of hydrogen-bond acceptors (Lipinski definition) is 5. The van der Waals surface area contributed by atoms with Crippen LogP contribution in [0.3, 0.4) is 0 Å². The third-order valence-corrected chi connectivity index (χ3v) is 7.67. The number of carbonyl (C=O) groups is 1. The van der Waals surface area contributed by atoms with Crippen LogP contribution >= 0.6 is 11.5 Å². The number of nitrogens with zero attached hydrogens (tertiary/aromatic N) is 3. The largest absolute Gasteiger partial charge is 0.353 e. The molecule has 2 aromatic rings. The molecule has 1 aromatic carbocycles. The molecule has 1 saturated carbocycles. The van der Waals surface area contributed by atoms with E-state index in [1.54, 1.807) is 11.5 Å². The van der Waals surface area contributed by atoms with Gasteiger partial charge in [-0.15, -0.1) is 0 Å². The van der Waals surface area contributed by atoms with Crippen LogP contribution in [0.15, 0.2) is 24.3 Å². The second-order valence-electron chi connectivity index (χ2n) is 8.70. The van der Waals surface area contributed by atoms with Gasteiger partial charge in [0, 0.05) is 37.6 Å². The third kappa shape index (κ3) is 5.01. The third-order valence-electron chi connectivity index (χ3n) is 6.85. The number of rotatable bonds is 6. The molecule has 2 aliphatic rings. The van der Waals surface area contributed by atoms with E-state index in [2.05, 4.69) is 46.3 Å². The number of primary amides is 1. The number of aromatic nitrogens is 1. The molecule has 3 N–H and O–H groups in total.